The summed E-state index contributed by atoms with van der Waals surface area (Å²) in [4.78, 5) is 12.9. The number of hydrogen-bond donors (Lipinski definition) is 2. The standard InChI is InChI=1S/C22H17F3N6S/c1-21(16-7-22(16,10-23)32-20(27)31-21)14-5-13(6-15(24)17(14)25)30-19-18-12(2-3-28-19)4-11(8-26)9-29-18/h2-6,9,16H,7,10H2,1H3,(H2,27,31)(H,28,30)/t16-,21+,22+/m0/s1. The van der Waals surface area contributed by atoms with Gasteiger partial charge in [0.25, 0.3) is 0 Å². The van der Waals surface area contributed by atoms with Crippen molar-refractivity contribution in [2.45, 2.75) is 23.6 Å². The highest BCUT2D eigenvalue weighted by Crippen LogP contribution is 2.66. The summed E-state index contributed by atoms with van der Waals surface area (Å²) in [5.74, 6) is -2.09. The molecule has 1 aromatic carbocycles. The number of nitriles is 1. The molecule has 0 radical (unpaired) electrons. The van der Waals surface area contributed by atoms with Gasteiger partial charge in [-0.3, -0.25) is 9.98 Å². The molecule has 1 fully saturated rings. The van der Waals surface area contributed by atoms with Crippen LogP contribution in [0.4, 0.5) is 24.7 Å². The van der Waals surface area contributed by atoms with Gasteiger partial charge in [-0.1, -0.05) is 11.8 Å². The Morgan fingerprint density at radius 2 is 2.12 bits per heavy atom. The van der Waals surface area contributed by atoms with Gasteiger partial charge in [0.1, 0.15) is 18.3 Å². The fourth-order valence-corrected chi connectivity index (χ4v) is 5.78. The molecule has 0 spiro atoms. The zero-order valence-electron chi connectivity index (χ0n) is 16.9. The molecule has 2 aromatic heterocycles. The van der Waals surface area contributed by atoms with Crippen LogP contribution in [-0.4, -0.2) is 26.6 Å². The van der Waals surface area contributed by atoms with Crippen molar-refractivity contribution in [3.8, 4) is 6.07 Å². The van der Waals surface area contributed by atoms with Crippen molar-refractivity contribution < 1.29 is 13.2 Å². The highest BCUT2D eigenvalue weighted by molar-refractivity contribution is 8.15. The maximum atomic E-state index is 15.0. The first-order chi connectivity index (χ1) is 15.3. The number of fused-ring (bicyclic) bond motifs is 2. The summed E-state index contributed by atoms with van der Waals surface area (Å²) in [5, 5.41) is 12.9. The first kappa shape index (κ1) is 20.6. The fourth-order valence-electron chi connectivity index (χ4n) is 4.45. The van der Waals surface area contributed by atoms with Crippen LogP contribution in [0, 0.1) is 28.9 Å². The molecule has 1 saturated carbocycles. The van der Waals surface area contributed by atoms with Gasteiger partial charge in [-0.15, -0.1) is 0 Å². The highest BCUT2D eigenvalue weighted by Gasteiger charge is 2.66. The van der Waals surface area contributed by atoms with Gasteiger partial charge in [0.05, 0.1) is 15.8 Å². The topological polar surface area (TPSA) is 100.0 Å². The van der Waals surface area contributed by atoms with Crippen LogP contribution in [0.15, 0.2) is 41.7 Å². The number of thioether (sulfide) groups is 1. The van der Waals surface area contributed by atoms with Crippen LogP contribution in [0.3, 0.4) is 0 Å². The molecular weight excluding hydrogens is 437 g/mol. The first-order valence-electron chi connectivity index (χ1n) is 9.81. The summed E-state index contributed by atoms with van der Waals surface area (Å²) in [6.45, 7) is 1.04. The molecule has 3 heterocycles. The van der Waals surface area contributed by atoms with E-state index in [2.05, 4.69) is 20.3 Å². The highest BCUT2D eigenvalue weighted by atomic mass is 32.2. The fraction of sp³-hybridized carbons (Fsp3) is 0.273. The number of aliphatic imine (C=N–C) groups is 1. The van der Waals surface area contributed by atoms with Gasteiger partial charge >= 0.3 is 0 Å². The van der Waals surface area contributed by atoms with E-state index in [1.54, 1.807) is 19.1 Å². The molecule has 2 aliphatic rings. The third-order valence-corrected chi connectivity index (χ3v) is 7.41. The van der Waals surface area contributed by atoms with Crippen LogP contribution < -0.4 is 11.1 Å². The largest absolute Gasteiger partial charge is 0.378 e. The Kier molecular flexibility index (Phi) is 4.57. The van der Waals surface area contributed by atoms with Crippen LogP contribution in [-0.2, 0) is 5.54 Å². The molecule has 6 nitrogen and oxygen atoms in total. The number of alkyl halides is 1. The molecule has 10 heteroatoms. The van der Waals surface area contributed by atoms with Gasteiger partial charge in [0, 0.05) is 41.0 Å². The number of pyridine rings is 2. The molecule has 3 N–H and O–H groups in total. The molecule has 162 valence electrons. The Bertz CT molecular complexity index is 1340. The second-order valence-corrected chi connectivity index (χ2v) is 9.60. The molecule has 0 bridgehead atoms. The minimum atomic E-state index is -1.20. The van der Waals surface area contributed by atoms with Gasteiger partial charge in [0.2, 0.25) is 0 Å². The van der Waals surface area contributed by atoms with Gasteiger partial charge in [-0.25, -0.2) is 18.2 Å². The lowest BCUT2D eigenvalue weighted by atomic mass is 9.85. The van der Waals surface area contributed by atoms with Crippen molar-refractivity contribution in [3.63, 3.8) is 0 Å². The van der Waals surface area contributed by atoms with E-state index in [1.165, 1.54) is 18.5 Å². The van der Waals surface area contributed by atoms with E-state index in [4.69, 9.17) is 11.0 Å². The average molecular weight is 454 g/mol. The number of rotatable bonds is 4. The van der Waals surface area contributed by atoms with E-state index in [0.717, 1.165) is 17.8 Å². The number of nitrogens with two attached hydrogens (primary N) is 1. The van der Waals surface area contributed by atoms with E-state index in [9.17, 15) is 13.2 Å². The lowest BCUT2D eigenvalue weighted by Gasteiger charge is -2.33. The molecule has 0 unspecified atom stereocenters. The zero-order chi connectivity index (χ0) is 22.7. The normalized spacial score (nSPS) is 26.2. The minimum absolute atomic E-state index is 0.00328. The number of benzene rings is 1. The molecule has 1 aliphatic carbocycles. The smallest absolute Gasteiger partial charge is 0.164 e. The van der Waals surface area contributed by atoms with Gasteiger partial charge < -0.3 is 11.1 Å². The van der Waals surface area contributed by atoms with Crippen LogP contribution in [0.2, 0.25) is 0 Å². The number of halogens is 3. The summed E-state index contributed by atoms with van der Waals surface area (Å²) in [6.07, 6.45) is 3.41. The van der Waals surface area contributed by atoms with Crippen LogP contribution >= 0.6 is 11.8 Å². The molecule has 3 atom stereocenters. The van der Waals surface area contributed by atoms with Crippen molar-refractivity contribution >= 4 is 39.3 Å². The predicted molar refractivity (Wildman–Crippen MR) is 117 cm³/mol. The lowest BCUT2D eigenvalue weighted by molar-refractivity contribution is 0.357. The summed E-state index contributed by atoms with van der Waals surface area (Å²) in [5.41, 5.74) is 5.84. The number of aromatic nitrogens is 2. The van der Waals surface area contributed by atoms with Gasteiger partial charge in [-0.05, 0) is 31.5 Å². The summed E-state index contributed by atoms with van der Waals surface area (Å²) >= 11 is 1.16. The van der Waals surface area contributed by atoms with E-state index >= 15 is 0 Å². The summed E-state index contributed by atoms with van der Waals surface area (Å²) in [6, 6.07) is 7.86. The Morgan fingerprint density at radius 3 is 2.88 bits per heavy atom. The Hall–Kier alpha value is -3.32. The Morgan fingerprint density at radius 1 is 1.31 bits per heavy atom. The SMILES string of the molecule is C[C@]1(c2cc(Nc3nccc4cc(C#N)cnc34)cc(F)c2F)N=C(N)S[C@@]2(CF)C[C@H]21. The van der Waals surface area contributed by atoms with Gasteiger partial charge in [-0.2, -0.15) is 5.26 Å². The van der Waals surface area contributed by atoms with E-state index in [1.807, 2.05) is 6.07 Å². The summed E-state index contributed by atoms with van der Waals surface area (Å²) in [7, 11) is 0. The maximum absolute atomic E-state index is 15.0. The number of nitrogens with one attached hydrogen (secondary N) is 1. The van der Waals surface area contributed by atoms with Gasteiger partial charge in [0.15, 0.2) is 22.6 Å². The number of amidine groups is 1. The van der Waals surface area contributed by atoms with E-state index in [0.29, 0.717) is 28.7 Å². The van der Waals surface area contributed by atoms with Crippen molar-refractivity contribution in [1.29, 1.82) is 5.26 Å². The minimum Gasteiger partial charge on any atom is -0.378 e. The number of anilines is 2. The van der Waals surface area contributed by atoms with Crippen molar-refractivity contribution in [3.05, 3.63) is 59.4 Å². The molecular formula is C22H17F3N6S. The number of nitrogens with zero attached hydrogens (tertiary/aromatic N) is 4. The average Bonchev–Trinajstić information content (AvgIpc) is 3.51. The molecule has 0 amide bonds. The Labute approximate surface area is 185 Å². The molecule has 5 rings (SSSR count). The Balaban J connectivity index is 1.58. The van der Waals surface area contributed by atoms with Crippen molar-refractivity contribution in [2.75, 3.05) is 12.0 Å². The van der Waals surface area contributed by atoms with Crippen molar-refractivity contribution in [2.24, 2.45) is 16.6 Å². The third kappa shape index (κ3) is 3.07. The molecule has 1 aliphatic heterocycles. The predicted octanol–water partition coefficient (Wildman–Crippen LogP) is 4.53. The lowest BCUT2D eigenvalue weighted by Crippen LogP contribution is -2.37. The quantitative estimate of drug-likeness (QED) is 0.601. The second kappa shape index (κ2) is 7.10. The maximum Gasteiger partial charge on any atom is 0.164 e. The molecule has 32 heavy (non-hydrogen) atoms. The summed E-state index contributed by atoms with van der Waals surface area (Å²) < 4.78 is 42.6. The first-order valence-corrected chi connectivity index (χ1v) is 10.6. The number of hydrogen-bond acceptors (Lipinski definition) is 7. The zero-order valence-corrected chi connectivity index (χ0v) is 17.7. The molecule has 3 aromatic rings. The monoisotopic (exact) mass is 454 g/mol. The van der Waals surface area contributed by atoms with Crippen LogP contribution in [0.5, 0.6) is 0 Å². The van der Waals surface area contributed by atoms with E-state index in [-0.39, 0.29) is 22.3 Å². The van der Waals surface area contributed by atoms with E-state index < -0.39 is 28.6 Å². The van der Waals surface area contributed by atoms with Crippen LogP contribution in [0.1, 0.15) is 24.5 Å². The molecule has 0 saturated heterocycles. The van der Waals surface area contributed by atoms with Crippen molar-refractivity contribution in [1.82, 2.24) is 9.97 Å². The second-order valence-electron chi connectivity index (χ2n) is 8.17. The third-order valence-electron chi connectivity index (χ3n) is 6.14. The van der Waals surface area contributed by atoms with Crippen LogP contribution in [0.25, 0.3) is 10.9 Å².